The summed E-state index contributed by atoms with van der Waals surface area (Å²) in [7, 11) is 0. The third-order valence-corrected chi connectivity index (χ3v) is 7.19. The maximum absolute atomic E-state index is 10.8. The van der Waals surface area contributed by atoms with Crippen LogP contribution in [0.4, 0.5) is 5.69 Å². The Balaban J connectivity index is 1.41. The molecule has 0 aromatic heterocycles. The number of phenolic OH excluding ortho intramolecular Hbond substituents is 1. The third kappa shape index (κ3) is 6.89. The zero-order valence-electron chi connectivity index (χ0n) is 20.2. The average molecular weight is 466 g/mol. The molecule has 1 atom stereocenters. The first-order valence-electron chi connectivity index (χ1n) is 12.9. The van der Waals surface area contributed by atoms with Crippen LogP contribution in [-0.4, -0.2) is 50.3 Å². The molecule has 1 amide bonds. The number of phenols is 1. The van der Waals surface area contributed by atoms with Crippen LogP contribution in [0.25, 0.3) is 0 Å². The van der Waals surface area contributed by atoms with E-state index in [0.717, 1.165) is 63.2 Å². The summed E-state index contributed by atoms with van der Waals surface area (Å²) >= 11 is 0. The molecule has 0 bridgehead atoms. The number of hydrogen-bond donors (Lipinski definition) is 3. The third-order valence-electron chi connectivity index (χ3n) is 7.19. The van der Waals surface area contributed by atoms with Gasteiger partial charge in [0.2, 0.25) is 6.41 Å². The number of amides is 1. The van der Waals surface area contributed by atoms with Crippen molar-refractivity contribution in [3.8, 4) is 11.5 Å². The summed E-state index contributed by atoms with van der Waals surface area (Å²) in [6.45, 7) is 4.59. The van der Waals surface area contributed by atoms with Crippen LogP contribution in [-0.2, 0) is 11.2 Å². The Morgan fingerprint density at radius 3 is 2.71 bits per heavy atom. The molecule has 1 heterocycles. The summed E-state index contributed by atoms with van der Waals surface area (Å²) in [5, 5.41) is 16.6. The summed E-state index contributed by atoms with van der Waals surface area (Å²) in [5.74, 6) is 1.79. The SMILES string of the molecule is O=CNCCC(CCc1ccc(O)c(C2CCCCC2)c1)Oc1cccc(N2CCNCC2)c1. The summed E-state index contributed by atoms with van der Waals surface area (Å²) < 4.78 is 6.44. The number of hydrogen-bond acceptors (Lipinski definition) is 5. The fourth-order valence-corrected chi connectivity index (χ4v) is 5.26. The van der Waals surface area contributed by atoms with Gasteiger partial charge in [-0.3, -0.25) is 4.79 Å². The van der Waals surface area contributed by atoms with Gasteiger partial charge in [0.05, 0.1) is 0 Å². The number of aromatic hydroxyl groups is 1. The van der Waals surface area contributed by atoms with E-state index in [1.807, 2.05) is 18.2 Å². The van der Waals surface area contributed by atoms with Crippen LogP contribution in [0.2, 0.25) is 0 Å². The Morgan fingerprint density at radius 2 is 1.91 bits per heavy atom. The highest BCUT2D eigenvalue weighted by atomic mass is 16.5. The number of benzene rings is 2. The summed E-state index contributed by atoms with van der Waals surface area (Å²) in [4.78, 5) is 13.2. The molecular formula is C28H39N3O3. The lowest BCUT2D eigenvalue weighted by molar-refractivity contribution is -0.109. The molecule has 1 saturated heterocycles. The number of ether oxygens (including phenoxy) is 1. The van der Waals surface area contributed by atoms with Crippen molar-refractivity contribution < 1.29 is 14.6 Å². The maximum atomic E-state index is 10.8. The quantitative estimate of drug-likeness (QED) is 0.340. The number of rotatable bonds is 11. The van der Waals surface area contributed by atoms with Crippen LogP contribution in [0.3, 0.4) is 0 Å². The molecular weight excluding hydrogens is 426 g/mol. The van der Waals surface area contributed by atoms with Crippen LogP contribution in [0, 0.1) is 0 Å². The number of piperazine rings is 1. The number of carbonyl (C=O) groups is 1. The zero-order valence-corrected chi connectivity index (χ0v) is 20.2. The monoisotopic (exact) mass is 465 g/mol. The van der Waals surface area contributed by atoms with E-state index < -0.39 is 0 Å². The van der Waals surface area contributed by atoms with Crippen molar-refractivity contribution >= 4 is 12.1 Å². The van der Waals surface area contributed by atoms with Crippen LogP contribution < -0.4 is 20.3 Å². The van der Waals surface area contributed by atoms with Gasteiger partial charge in [-0.25, -0.2) is 0 Å². The lowest BCUT2D eigenvalue weighted by Crippen LogP contribution is -2.43. The van der Waals surface area contributed by atoms with E-state index >= 15 is 0 Å². The van der Waals surface area contributed by atoms with Crippen molar-refractivity contribution in [2.45, 2.75) is 63.4 Å². The minimum absolute atomic E-state index is 0.00217. The smallest absolute Gasteiger partial charge is 0.207 e. The molecule has 184 valence electrons. The predicted molar refractivity (Wildman–Crippen MR) is 137 cm³/mol. The molecule has 1 aliphatic heterocycles. The molecule has 1 saturated carbocycles. The lowest BCUT2D eigenvalue weighted by atomic mass is 9.83. The molecule has 0 radical (unpaired) electrons. The molecule has 2 fully saturated rings. The molecule has 6 nitrogen and oxygen atoms in total. The van der Waals surface area contributed by atoms with E-state index in [2.05, 4.69) is 39.8 Å². The second kappa shape index (κ2) is 12.7. The largest absolute Gasteiger partial charge is 0.508 e. The Hall–Kier alpha value is -2.73. The minimum Gasteiger partial charge on any atom is -0.508 e. The van der Waals surface area contributed by atoms with Crippen LogP contribution in [0.1, 0.15) is 62.0 Å². The van der Waals surface area contributed by atoms with Crippen molar-refractivity contribution in [3.63, 3.8) is 0 Å². The van der Waals surface area contributed by atoms with Crippen LogP contribution in [0.15, 0.2) is 42.5 Å². The second-order valence-corrected chi connectivity index (χ2v) is 9.60. The van der Waals surface area contributed by atoms with Crippen molar-refractivity contribution in [2.75, 3.05) is 37.6 Å². The summed E-state index contributed by atoms with van der Waals surface area (Å²) in [6.07, 6.45) is 9.38. The molecule has 0 spiro atoms. The summed E-state index contributed by atoms with van der Waals surface area (Å²) in [6, 6.07) is 14.5. The molecule has 3 N–H and O–H groups in total. The molecule has 2 aromatic rings. The molecule has 1 aliphatic carbocycles. The van der Waals surface area contributed by atoms with Crippen LogP contribution in [0.5, 0.6) is 11.5 Å². The van der Waals surface area contributed by atoms with Gasteiger partial charge in [-0.15, -0.1) is 0 Å². The fraction of sp³-hybridized carbons (Fsp3) is 0.536. The molecule has 6 heteroatoms. The van der Waals surface area contributed by atoms with E-state index in [4.69, 9.17) is 4.74 Å². The van der Waals surface area contributed by atoms with E-state index in [-0.39, 0.29) is 6.10 Å². The Kier molecular flexibility index (Phi) is 9.08. The van der Waals surface area contributed by atoms with E-state index in [9.17, 15) is 9.90 Å². The van der Waals surface area contributed by atoms with Crippen molar-refractivity contribution in [2.24, 2.45) is 0 Å². The van der Waals surface area contributed by atoms with Gasteiger partial charge < -0.3 is 25.4 Å². The predicted octanol–water partition coefficient (Wildman–Crippen LogP) is 4.37. The highest BCUT2D eigenvalue weighted by molar-refractivity contribution is 5.51. The van der Waals surface area contributed by atoms with Gasteiger partial charge in [-0.05, 0) is 60.9 Å². The highest BCUT2D eigenvalue weighted by Gasteiger charge is 2.20. The van der Waals surface area contributed by atoms with E-state index in [1.165, 1.54) is 43.4 Å². The molecule has 34 heavy (non-hydrogen) atoms. The van der Waals surface area contributed by atoms with Crippen molar-refractivity contribution in [1.82, 2.24) is 10.6 Å². The first kappa shape index (κ1) is 24.4. The van der Waals surface area contributed by atoms with Crippen molar-refractivity contribution in [1.29, 1.82) is 0 Å². The highest BCUT2D eigenvalue weighted by Crippen LogP contribution is 2.37. The molecule has 4 rings (SSSR count). The van der Waals surface area contributed by atoms with Crippen LogP contribution >= 0.6 is 0 Å². The first-order valence-corrected chi connectivity index (χ1v) is 12.9. The number of nitrogens with one attached hydrogen (secondary N) is 2. The van der Waals surface area contributed by atoms with Gasteiger partial charge in [0.25, 0.3) is 0 Å². The fourth-order valence-electron chi connectivity index (χ4n) is 5.26. The van der Waals surface area contributed by atoms with E-state index in [0.29, 0.717) is 18.2 Å². The number of nitrogens with zero attached hydrogens (tertiary/aromatic N) is 1. The maximum Gasteiger partial charge on any atom is 0.207 e. The van der Waals surface area contributed by atoms with Gasteiger partial charge in [0, 0.05) is 50.9 Å². The lowest BCUT2D eigenvalue weighted by Gasteiger charge is -2.30. The Morgan fingerprint density at radius 1 is 1.09 bits per heavy atom. The Labute approximate surface area is 203 Å². The average Bonchev–Trinajstić information content (AvgIpc) is 2.89. The molecule has 2 aromatic carbocycles. The topological polar surface area (TPSA) is 73.8 Å². The number of aryl methyl sites for hydroxylation is 1. The van der Waals surface area contributed by atoms with Gasteiger partial charge >= 0.3 is 0 Å². The molecule has 1 unspecified atom stereocenters. The van der Waals surface area contributed by atoms with E-state index in [1.54, 1.807) is 0 Å². The minimum atomic E-state index is -0.00217. The normalized spacial score (nSPS) is 17.8. The van der Waals surface area contributed by atoms with Crippen molar-refractivity contribution in [3.05, 3.63) is 53.6 Å². The second-order valence-electron chi connectivity index (χ2n) is 9.60. The number of carbonyl (C=O) groups excluding carboxylic acids is 1. The summed E-state index contributed by atoms with van der Waals surface area (Å²) in [5.41, 5.74) is 3.55. The zero-order chi connectivity index (χ0) is 23.6. The van der Waals surface area contributed by atoms with Gasteiger partial charge in [-0.2, -0.15) is 0 Å². The molecule has 2 aliphatic rings. The first-order chi connectivity index (χ1) is 16.7. The van der Waals surface area contributed by atoms with Gasteiger partial charge in [0.15, 0.2) is 0 Å². The standard InChI is InChI=1S/C28H39N3O3/c32-21-30-14-13-25(34-26-8-4-7-24(20-26)31-17-15-29-16-18-31)11-9-22-10-12-28(33)27(19-22)23-5-2-1-3-6-23/h4,7-8,10,12,19-21,23,25,29,33H,1-3,5-6,9,11,13-18H2,(H,30,32). The van der Waals surface area contributed by atoms with Gasteiger partial charge in [0.1, 0.15) is 17.6 Å². The Bertz CT molecular complexity index is 908. The van der Waals surface area contributed by atoms with Gasteiger partial charge in [-0.1, -0.05) is 37.5 Å². The number of anilines is 1.